The van der Waals surface area contributed by atoms with Crippen LogP contribution < -0.4 is 15.4 Å². The summed E-state index contributed by atoms with van der Waals surface area (Å²) in [6.45, 7) is 1.52. The molecule has 0 radical (unpaired) electrons. The van der Waals surface area contributed by atoms with Crippen molar-refractivity contribution in [1.29, 1.82) is 0 Å². The Labute approximate surface area is 172 Å². The van der Waals surface area contributed by atoms with Gasteiger partial charge in [0.2, 0.25) is 5.91 Å². The second-order valence-corrected chi connectivity index (χ2v) is 7.29. The van der Waals surface area contributed by atoms with E-state index in [9.17, 15) is 9.59 Å². The highest BCUT2D eigenvalue weighted by Crippen LogP contribution is 2.25. The summed E-state index contributed by atoms with van der Waals surface area (Å²) in [5.74, 6) is 0.371. The van der Waals surface area contributed by atoms with Crippen LogP contribution in [-0.4, -0.2) is 37.0 Å². The summed E-state index contributed by atoms with van der Waals surface area (Å²) in [6, 6.07) is 12.6. The molecule has 28 heavy (non-hydrogen) atoms. The Morgan fingerprint density at radius 2 is 1.75 bits per heavy atom. The van der Waals surface area contributed by atoms with Crippen molar-refractivity contribution >= 4 is 45.3 Å². The lowest BCUT2D eigenvalue weighted by Gasteiger charge is -2.18. The molecule has 0 aromatic heterocycles. The number of hydrogen-bond acceptors (Lipinski definition) is 3. The lowest BCUT2D eigenvalue weighted by Crippen LogP contribution is -2.32. The SMILES string of the molecule is COc1ccc(Br)cc1/C=C/C(=O)Nc1ccccc1NC(=O)N1CCCC1. The Balaban J connectivity index is 1.69. The molecule has 3 amide bonds. The molecule has 1 saturated heterocycles. The number of amides is 3. The second kappa shape index (κ2) is 9.41. The van der Waals surface area contributed by atoms with Crippen LogP contribution in [0.4, 0.5) is 16.2 Å². The van der Waals surface area contributed by atoms with Crippen molar-refractivity contribution in [2.75, 3.05) is 30.8 Å². The number of benzene rings is 2. The van der Waals surface area contributed by atoms with Gasteiger partial charge < -0.3 is 20.3 Å². The fraction of sp³-hybridized carbons (Fsp3) is 0.238. The summed E-state index contributed by atoms with van der Waals surface area (Å²) in [5, 5.41) is 5.70. The van der Waals surface area contributed by atoms with Gasteiger partial charge in [-0.05, 0) is 49.2 Å². The van der Waals surface area contributed by atoms with E-state index >= 15 is 0 Å². The predicted molar refractivity (Wildman–Crippen MR) is 115 cm³/mol. The van der Waals surface area contributed by atoms with Crippen molar-refractivity contribution in [3.05, 3.63) is 58.6 Å². The molecule has 1 fully saturated rings. The minimum Gasteiger partial charge on any atom is -0.496 e. The highest BCUT2D eigenvalue weighted by Gasteiger charge is 2.18. The van der Waals surface area contributed by atoms with E-state index in [4.69, 9.17) is 4.74 Å². The fourth-order valence-electron chi connectivity index (χ4n) is 2.99. The summed E-state index contributed by atoms with van der Waals surface area (Å²) in [5.41, 5.74) is 1.90. The molecule has 0 unspecified atom stereocenters. The van der Waals surface area contributed by atoms with Crippen molar-refractivity contribution < 1.29 is 14.3 Å². The van der Waals surface area contributed by atoms with Gasteiger partial charge >= 0.3 is 6.03 Å². The molecular weight excluding hydrogens is 422 g/mol. The molecule has 6 nitrogen and oxygen atoms in total. The second-order valence-electron chi connectivity index (χ2n) is 6.38. The van der Waals surface area contributed by atoms with Crippen molar-refractivity contribution in [2.45, 2.75) is 12.8 Å². The van der Waals surface area contributed by atoms with Crippen molar-refractivity contribution in [2.24, 2.45) is 0 Å². The molecule has 0 saturated carbocycles. The van der Waals surface area contributed by atoms with Gasteiger partial charge in [0.1, 0.15) is 5.75 Å². The van der Waals surface area contributed by atoms with Gasteiger partial charge in [-0.1, -0.05) is 28.1 Å². The van der Waals surface area contributed by atoms with Crippen LogP contribution in [0.25, 0.3) is 6.08 Å². The fourth-order valence-corrected chi connectivity index (χ4v) is 3.37. The lowest BCUT2D eigenvalue weighted by atomic mass is 10.2. The number of anilines is 2. The van der Waals surface area contributed by atoms with Crippen LogP contribution in [0.1, 0.15) is 18.4 Å². The molecule has 0 spiro atoms. The van der Waals surface area contributed by atoms with E-state index in [1.807, 2.05) is 30.3 Å². The Morgan fingerprint density at radius 3 is 2.43 bits per heavy atom. The molecule has 0 atom stereocenters. The van der Waals surface area contributed by atoms with Crippen LogP contribution in [0.3, 0.4) is 0 Å². The first kappa shape index (κ1) is 19.9. The van der Waals surface area contributed by atoms with E-state index in [1.54, 1.807) is 30.2 Å². The topological polar surface area (TPSA) is 70.7 Å². The zero-order valence-corrected chi connectivity index (χ0v) is 17.2. The first-order chi connectivity index (χ1) is 13.6. The number of nitrogens with one attached hydrogen (secondary N) is 2. The number of likely N-dealkylation sites (tertiary alicyclic amines) is 1. The number of halogens is 1. The first-order valence-electron chi connectivity index (χ1n) is 9.04. The number of carbonyl (C=O) groups excluding carboxylic acids is 2. The molecule has 1 aliphatic heterocycles. The third-order valence-electron chi connectivity index (χ3n) is 4.43. The summed E-state index contributed by atoms with van der Waals surface area (Å²) < 4.78 is 6.20. The van der Waals surface area contributed by atoms with E-state index in [0.717, 1.165) is 36.0 Å². The van der Waals surface area contributed by atoms with Gasteiger partial charge in [-0.25, -0.2) is 4.79 Å². The van der Waals surface area contributed by atoms with Crippen molar-refractivity contribution in [1.82, 2.24) is 4.90 Å². The number of methoxy groups -OCH3 is 1. The Kier molecular flexibility index (Phi) is 6.71. The number of rotatable bonds is 5. The minimum atomic E-state index is -0.301. The van der Waals surface area contributed by atoms with E-state index in [0.29, 0.717) is 17.1 Å². The molecule has 146 valence electrons. The summed E-state index contributed by atoms with van der Waals surface area (Å²) in [7, 11) is 1.58. The maximum absolute atomic E-state index is 12.4. The highest BCUT2D eigenvalue weighted by atomic mass is 79.9. The standard InChI is InChI=1S/C21H22BrN3O3/c1-28-19-10-9-16(22)14-15(19)8-11-20(26)23-17-6-2-3-7-18(17)24-21(27)25-12-4-5-13-25/h2-3,6-11,14H,4-5,12-13H2,1H3,(H,23,26)(H,24,27)/b11-8+. The largest absolute Gasteiger partial charge is 0.496 e. The van der Waals surface area contributed by atoms with Crippen molar-refractivity contribution in [3.8, 4) is 5.75 Å². The van der Waals surface area contributed by atoms with E-state index < -0.39 is 0 Å². The number of para-hydroxylation sites is 2. The van der Waals surface area contributed by atoms with Crippen LogP contribution >= 0.6 is 15.9 Å². The highest BCUT2D eigenvalue weighted by molar-refractivity contribution is 9.10. The molecule has 3 rings (SSSR count). The molecule has 2 aromatic carbocycles. The number of ether oxygens (including phenoxy) is 1. The van der Waals surface area contributed by atoms with Gasteiger partial charge in [0.25, 0.3) is 0 Å². The number of urea groups is 1. The molecule has 1 heterocycles. The van der Waals surface area contributed by atoms with E-state index in [1.165, 1.54) is 6.08 Å². The van der Waals surface area contributed by atoms with Gasteiger partial charge in [-0.15, -0.1) is 0 Å². The quantitative estimate of drug-likeness (QED) is 0.655. The Hall–Kier alpha value is -2.80. The van der Waals surface area contributed by atoms with Crippen molar-refractivity contribution in [3.63, 3.8) is 0 Å². The number of hydrogen-bond donors (Lipinski definition) is 2. The number of carbonyl (C=O) groups is 2. The van der Waals surface area contributed by atoms with Gasteiger partial charge in [0, 0.05) is 29.2 Å². The monoisotopic (exact) mass is 443 g/mol. The normalized spacial score (nSPS) is 13.6. The molecule has 0 aliphatic carbocycles. The minimum absolute atomic E-state index is 0.145. The first-order valence-corrected chi connectivity index (χ1v) is 9.83. The van der Waals surface area contributed by atoms with Gasteiger partial charge in [-0.3, -0.25) is 4.79 Å². The summed E-state index contributed by atoms with van der Waals surface area (Å²) >= 11 is 3.41. The predicted octanol–water partition coefficient (Wildman–Crippen LogP) is 4.74. The van der Waals surface area contributed by atoms with Crippen LogP contribution in [-0.2, 0) is 4.79 Å². The van der Waals surface area contributed by atoms with Gasteiger partial charge in [0.05, 0.1) is 18.5 Å². The molecule has 2 N–H and O–H groups in total. The van der Waals surface area contributed by atoms with E-state index in [2.05, 4.69) is 26.6 Å². The maximum atomic E-state index is 12.4. The smallest absolute Gasteiger partial charge is 0.321 e. The third kappa shape index (κ3) is 5.13. The zero-order valence-electron chi connectivity index (χ0n) is 15.6. The molecule has 0 bridgehead atoms. The Bertz CT molecular complexity index is 892. The maximum Gasteiger partial charge on any atom is 0.321 e. The van der Waals surface area contributed by atoms with Crippen LogP contribution in [0.15, 0.2) is 53.0 Å². The van der Waals surface area contributed by atoms with Crippen LogP contribution in [0.5, 0.6) is 5.75 Å². The number of nitrogens with zero attached hydrogens (tertiary/aromatic N) is 1. The molecule has 7 heteroatoms. The van der Waals surface area contributed by atoms with Crippen LogP contribution in [0, 0.1) is 0 Å². The Morgan fingerprint density at radius 1 is 1.07 bits per heavy atom. The average Bonchev–Trinajstić information content (AvgIpc) is 3.23. The summed E-state index contributed by atoms with van der Waals surface area (Å²) in [4.78, 5) is 26.5. The lowest BCUT2D eigenvalue weighted by molar-refractivity contribution is -0.111. The van der Waals surface area contributed by atoms with E-state index in [-0.39, 0.29) is 11.9 Å². The van der Waals surface area contributed by atoms with Crippen LogP contribution in [0.2, 0.25) is 0 Å². The average molecular weight is 444 g/mol. The molecule has 2 aromatic rings. The van der Waals surface area contributed by atoms with Gasteiger partial charge in [0.15, 0.2) is 0 Å². The zero-order chi connectivity index (χ0) is 19.9. The molecular formula is C21H22BrN3O3. The third-order valence-corrected chi connectivity index (χ3v) is 4.92. The molecule has 1 aliphatic rings. The summed E-state index contributed by atoms with van der Waals surface area (Å²) in [6.07, 6.45) is 5.17. The van der Waals surface area contributed by atoms with Gasteiger partial charge in [-0.2, -0.15) is 0 Å².